The third-order valence-corrected chi connectivity index (χ3v) is 5.37. The maximum atomic E-state index is 12.9. The highest BCUT2D eigenvalue weighted by atomic mass is 79.9. The standard InChI is InChI=1S/C20H26BrN3O5S/c1-12(2)6-9-29-16-5-4-13(21)10-14(16)18(26)23-20(30)24-8-7-22-19(27)15(24)11-17(25)28-3/h4-5,10,12,15H,6-9,11H2,1-3H3,(H,22,27)(H,23,26,30). The van der Waals surface area contributed by atoms with Gasteiger partial charge in [0.15, 0.2) is 5.11 Å². The summed E-state index contributed by atoms with van der Waals surface area (Å²) in [6.45, 7) is 5.39. The minimum Gasteiger partial charge on any atom is -0.493 e. The van der Waals surface area contributed by atoms with Crippen molar-refractivity contribution in [1.82, 2.24) is 15.5 Å². The summed E-state index contributed by atoms with van der Waals surface area (Å²) in [5.41, 5.74) is 0.321. The lowest BCUT2D eigenvalue weighted by molar-refractivity contribution is -0.144. The Kier molecular flexibility index (Phi) is 9.04. The topological polar surface area (TPSA) is 97.0 Å². The van der Waals surface area contributed by atoms with Crippen molar-refractivity contribution >= 4 is 51.0 Å². The number of thiocarbonyl (C=S) groups is 1. The Labute approximate surface area is 189 Å². The molecule has 0 aliphatic carbocycles. The van der Waals surface area contributed by atoms with E-state index >= 15 is 0 Å². The van der Waals surface area contributed by atoms with Gasteiger partial charge in [-0.05, 0) is 42.8 Å². The maximum Gasteiger partial charge on any atom is 0.308 e. The Morgan fingerprint density at radius 1 is 1.40 bits per heavy atom. The molecule has 2 N–H and O–H groups in total. The van der Waals surface area contributed by atoms with Crippen molar-refractivity contribution in [2.45, 2.75) is 32.7 Å². The minimum absolute atomic E-state index is 0.0665. The lowest BCUT2D eigenvalue weighted by Gasteiger charge is -2.36. The predicted molar refractivity (Wildman–Crippen MR) is 119 cm³/mol. The van der Waals surface area contributed by atoms with Gasteiger partial charge in [-0.2, -0.15) is 0 Å². The van der Waals surface area contributed by atoms with Crippen molar-refractivity contribution in [2.24, 2.45) is 5.92 Å². The van der Waals surface area contributed by atoms with Gasteiger partial charge in [0.05, 0.1) is 25.7 Å². The summed E-state index contributed by atoms with van der Waals surface area (Å²) in [6, 6.07) is 4.32. The van der Waals surface area contributed by atoms with E-state index in [2.05, 4.69) is 45.1 Å². The summed E-state index contributed by atoms with van der Waals surface area (Å²) in [7, 11) is 1.25. The summed E-state index contributed by atoms with van der Waals surface area (Å²) in [6.07, 6.45) is 0.687. The van der Waals surface area contributed by atoms with Gasteiger partial charge in [0.25, 0.3) is 5.91 Å². The van der Waals surface area contributed by atoms with Crippen LogP contribution >= 0.6 is 28.1 Å². The number of hydrogen-bond acceptors (Lipinski definition) is 6. The number of benzene rings is 1. The van der Waals surface area contributed by atoms with Crippen LogP contribution in [0.15, 0.2) is 22.7 Å². The van der Waals surface area contributed by atoms with Crippen LogP contribution in [0, 0.1) is 5.92 Å². The summed E-state index contributed by atoms with van der Waals surface area (Å²) in [4.78, 5) is 38.4. The summed E-state index contributed by atoms with van der Waals surface area (Å²) in [5.74, 6) is -0.417. The van der Waals surface area contributed by atoms with Crippen LogP contribution in [0.1, 0.15) is 37.0 Å². The SMILES string of the molecule is COC(=O)CC1C(=O)NCCN1C(=S)NC(=O)c1cc(Br)ccc1OCCC(C)C. The van der Waals surface area contributed by atoms with Gasteiger partial charge in [-0.25, -0.2) is 0 Å². The number of rotatable bonds is 7. The van der Waals surface area contributed by atoms with E-state index in [9.17, 15) is 14.4 Å². The zero-order chi connectivity index (χ0) is 22.3. The van der Waals surface area contributed by atoms with Crippen molar-refractivity contribution < 1.29 is 23.9 Å². The molecule has 1 aromatic carbocycles. The average molecular weight is 500 g/mol. The van der Waals surface area contributed by atoms with Gasteiger partial charge in [-0.1, -0.05) is 29.8 Å². The Balaban J connectivity index is 2.13. The van der Waals surface area contributed by atoms with E-state index in [0.717, 1.165) is 10.9 Å². The number of carbonyl (C=O) groups is 3. The number of carbonyl (C=O) groups excluding carboxylic acids is 3. The first-order chi connectivity index (χ1) is 14.2. The number of ether oxygens (including phenoxy) is 2. The molecule has 30 heavy (non-hydrogen) atoms. The number of hydrogen-bond donors (Lipinski definition) is 2. The first-order valence-corrected chi connectivity index (χ1v) is 10.8. The molecule has 1 aliphatic rings. The number of nitrogens with zero attached hydrogens (tertiary/aromatic N) is 1. The first-order valence-electron chi connectivity index (χ1n) is 9.61. The molecule has 1 heterocycles. The molecule has 0 radical (unpaired) electrons. The van der Waals surface area contributed by atoms with Crippen LogP contribution in [0.25, 0.3) is 0 Å². The second kappa shape index (κ2) is 11.3. The molecule has 1 aliphatic heterocycles. The molecule has 0 aromatic heterocycles. The van der Waals surface area contributed by atoms with Crippen molar-refractivity contribution in [3.8, 4) is 5.75 Å². The molecule has 8 nitrogen and oxygen atoms in total. The Morgan fingerprint density at radius 3 is 2.80 bits per heavy atom. The van der Waals surface area contributed by atoms with E-state index in [4.69, 9.17) is 17.0 Å². The predicted octanol–water partition coefficient (Wildman–Crippen LogP) is 2.25. The van der Waals surface area contributed by atoms with Crippen LogP contribution in [0.5, 0.6) is 5.75 Å². The van der Waals surface area contributed by atoms with Crippen LogP contribution < -0.4 is 15.4 Å². The normalized spacial score (nSPS) is 16.1. The Hall–Kier alpha value is -2.20. The number of amides is 2. The zero-order valence-corrected chi connectivity index (χ0v) is 19.6. The average Bonchev–Trinajstić information content (AvgIpc) is 2.69. The highest BCUT2D eigenvalue weighted by molar-refractivity contribution is 9.10. The second-order valence-electron chi connectivity index (χ2n) is 7.21. The molecule has 10 heteroatoms. The summed E-state index contributed by atoms with van der Waals surface area (Å²) >= 11 is 8.74. The smallest absolute Gasteiger partial charge is 0.308 e. The molecule has 1 saturated heterocycles. The van der Waals surface area contributed by atoms with Crippen molar-refractivity contribution in [3.05, 3.63) is 28.2 Å². The van der Waals surface area contributed by atoms with Gasteiger partial charge in [0, 0.05) is 17.6 Å². The summed E-state index contributed by atoms with van der Waals surface area (Å²) in [5, 5.41) is 5.42. The summed E-state index contributed by atoms with van der Waals surface area (Å²) < 4.78 is 11.2. The number of methoxy groups -OCH3 is 1. The van der Waals surface area contributed by atoms with E-state index < -0.39 is 17.9 Å². The van der Waals surface area contributed by atoms with Crippen LogP contribution in [0.2, 0.25) is 0 Å². The minimum atomic E-state index is -0.844. The van der Waals surface area contributed by atoms with Gasteiger partial charge in [-0.15, -0.1) is 0 Å². The quantitative estimate of drug-likeness (QED) is 0.438. The van der Waals surface area contributed by atoms with Crippen LogP contribution in [0.3, 0.4) is 0 Å². The van der Waals surface area contributed by atoms with E-state index in [0.29, 0.717) is 36.9 Å². The second-order valence-corrected chi connectivity index (χ2v) is 8.51. The van der Waals surface area contributed by atoms with E-state index in [-0.39, 0.29) is 17.4 Å². The largest absolute Gasteiger partial charge is 0.493 e. The molecule has 2 rings (SSSR count). The fourth-order valence-electron chi connectivity index (χ4n) is 2.85. The lowest BCUT2D eigenvalue weighted by atomic mass is 10.1. The first kappa shape index (κ1) is 24.1. The molecule has 0 spiro atoms. The number of esters is 1. The Morgan fingerprint density at radius 2 is 2.13 bits per heavy atom. The fourth-order valence-corrected chi connectivity index (χ4v) is 3.52. The highest BCUT2D eigenvalue weighted by Gasteiger charge is 2.34. The molecule has 1 atom stereocenters. The molecule has 1 unspecified atom stereocenters. The number of nitrogens with one attached hydrogen (secondary N) is 2. The molecular formula is C20H26BrN3O5S. The van der Waals surface area contributed by atoms with Gasteiger partial charge in [0.1, 0.15) is 11.8 Å². The lowest BCUT2D eigenvalue weighted by Crippen LogP contribution is -2.60. The highest BCUT2D eigenvalue weighted by Crippen LogP contribution is 2.24. The molecule has 0 bridgehead atoms. The maximum absolute atomic E-state index is 12.9. The molecular weight excluding hydrogens is 474 g/mol. The van der Waals surface area contributed by atoms with E-state index in [1.54, 1.807) is 18.2 Å². The van der Waals surface area contributed by atoms with Gasteiger partial charge < -0.3 is 19.7 Å². The van der Waals surface area contributed by atoms with Crippen molar-refractivity contribution in [3.63, 3.8) is 0 Å². The van der Waals surface area contributed by atoms with Gasteiger partial charge in [0.2, 0.25) is 5.91 Å². The zero-order valence-electron chi connectivity index (χ0n) is 17.2. The monoisotopic (exact) mass is 499 g/mol. The molecule has 2 amide bonds. The molecule has 164 valence electrons. The van der Waals surface area contributed by atoms with Gasteiger partial charge >= 0.3 is 5.97 Å². The molecule has 1 fully saturated rings. The number of halogens is 1. The van der Waals surface area contributed by atoms with E-state index in [1.165, 1.54) is 12.0 Å². The number of piperazine rings is 1. The van der Waals surface area contributed by atoms with Crippen molar-refractivity contribution in [1.29, 1.82) is 0 Å². The Bertz CT molecular complexity index is 818. The third kappa shape index (κ3) is 6.66. The van der Waals surface area contributed by atoms with Gasteiger partial charge in [-0.3, -0.25) is 19.7 Å². The molecule has 1 aromatic rings. The fraction of sp³-hybridized carbons (Fsp3) is 0.500. The van der Waals surface area contributed by atoms with Crippen molar-refractivity contribution in [2.75, 3.05) is 26.8 Å². The van der Waals surface area contributed by atoms with E-state index in [1.807, 2.05) is 0 Å². The molecule has 0 saturated carbocycles. The van der Waals surface area contributed by atoms with Crippen LogP contribution in [-0.2, 0) is 14.3 Å². The van der Waals surface area contributed by atoms with Crippen LogP contribution in [-0.4, -0.2) is 60.6 Å². The van der Waals surface area contributed by atoms with Crippen LogP contribution in [0.4, 0.5) is 0 Å². The third-order valence-electron chi connectivity index (χ3n) is 4.54.